The number of fused-ring (bicyclic) bond motifs is 1. The molecule has 0 bridgehead atoms. The van der Waals surface area contributed by atoms with Gasteiger partial charge in [-0.1, -0.05) is 55.5 Å². The van der Waals surface area contributed by atoms with Gasteiger partial charge in [-0.2, -0.15) is 0 Å². The molecule has 0 aliphatic rings. The molecule has 0 saturated carbocycles. The summed E-state index contributed by atoms with van der Waals surface area (Å²) >= 11 is 0. The minimum atomic E-state index is 0.741. The van der Waals surface area contributed by atoms with Crippen LogP contribution < -0.4 is 4.74 Å². The summed E-state index contributed by atoms with van der Waals surface area (Å²) in [5.74, 6) is 2.10. The van der Waals surface area contributed by atoms with E-state index in [1.54, 1.807) is 0 Å². The second-order valence-corrected chi connectivity index (χ2v) is 7.82. The molecule has 0 saturated heterocycles. The van der Waals surface area contributed by atoms with Gasteiger partial charge in [-0.15, -0.1) is 0 Å². The minimum Gasteiger partial charge on any atom is -0.494 e. The number of aromatic nitrogens is 2. The van der Waals surface area contributed by atoms with Crippen LogP contribution >= 0.6 is 0 Å². The molecule has 3 nitrogen and oxygen atoms in total. The van der Waals surface area contributed by atoms with Crippen LogP contribution in [0.2, 0.25) is 0 Å². The monoisotopic (exact) mass is 398 g/mol. The number of para-hydroxylation sites is 2. The van der Waals surface area contributed by atoms with E-state index in [0.29, 0.717) is 0 Å². The zero-order chi connectivity index (χ0) is 20.8. The highest BCUT2D eigenvalue weighted by Gasteiger charge is 2.11. The fourth-order valence-corrected chi connectivity index (χ4v) is 3.87. The zero-order valence-electron chi connectivity index (χ0n) is 18.0. The van der Waals surface area contributed by atoms with E-state index in [9.17, 15) is 0 Å². The van der Waals surface area contributed by atoms with Crippen molar-refractivity contribution >= 4 is 11.0 Å². The fraction of sp³-hybridized carbons (Fsp3) is 0.296. The Bertz CT molecular complexity index is 1100. The van der Waals surface area contributed by atoms with Gasteiger partial charge in [0.2, 0.25) is 0 Å². The predicted molar refractivity (Wildman–Crippen MR) is 124 cm³/mol. The van der Waals surface area contributed by atoms with Crippen molar-refractivity contribution in [2.75, 3.05) is 6.61 Å². The molecule has 0 aliphatic heterocycles. The van der Waals surface area contributed by atoms with Gasteiger partial charge in [0.1, 0.15) is 11.6 Å². The molecule has 1 heterocycles. The van der Waals surface area contributed by atoms with Gasteiger partial charge in [-0.25, -0.2) is 4.98 Å². The van der Waals surface area contributed by atoms with Gasteiger partial charge in [-0.3, -0.25) is 0 Å². The van der Waals surface area contributed by atoms with Gasteiger partial charge in [0.05, 0.1) is 17.6 Å². The van der Waals surface area contributed by atoms with Crippen LogP contribution in [0.3, 0.4) is 0 Å². The number of unbranched alkanes of at least 4 members (excludes halogenated alkanes) is 1. The molecule has 4 rings (SSSR count). The Morgan fingerprint density at radius 2 is 1.63 bits per heavy atom. The molecule has 30 heavy (non-hydrogen) atoms. The molecule has 0 atom stereocenters. The summed E-state index contributed by atoms with van der Waals surface area (Å²) in [5.41, 5.74) is 6.30. The lowest BCUT2D eigenvalue weighted by atomic mass is 10.1. The van der Waals surface area contributed by atoms with Crippen molar-refractivity contribution in [3.63, 3.8) is 0 Å². The van der Waals surface area contributed by atoms with E-state index in [-0.39, 0.29) is 0 Å². The third-order valence-electron chi connectivity index (χ3n) is 5.72. The molecule has 0 N–H and O–H groups in total. The molecule has 0 amide bonds. The van der Waals surface area contributed by atoms with Gasteiger partial charge in [0.15, 0.2) is 0 Å². The summed E-state index contributed by atoms with van der Waals surface area (Å²) in [4.78, 5) is 4.94. The Morgan fingerprint density at radius 3 is 2.43 bits per heavy atom. The zero-order valence-corrected chi connectivity index (χ0v) is 18.0. The molecule has 0 aliphatic carbocycles. The van der Waals surface area contributed by atoms with E-state index >= 15 is 0 Å². The van der Waals surface area contributed by atoms with E-state index < -0.39 is 0 Å². The standard InChI is InChI=1S/C27H30N2O/c1-3-22-14-16-24(17-15-22)30-19-9-8-18-29-26-13-7-6-12-25(26)28-27(29)20-23-11-5-4-10-21(23)2/h4-7,10-17H,3,8-9,18-20H2,1-2H3. The lowest BCUT2D eigenvalue weighted by molar-refractivity contribution is 0.303. The Hall–Kier alpha value is -3.07. The summed E-state index contributed by atoms with van der Waals surface area (Å²) in [6.07, 6.45) is 4.01. The second kappa shape index (κ2) is 9.62. The Balaban J connectivity index is 1.40. The quantitative estimate of drug-likeness (QED) is 0.307. The number of benzene rings is 3. The maximum Gasteiger partial charge on any atom is 0.119 e. The molecule has 0 unspecified atom stereocenters. The Labute approximate surface area is 179 Å². The number of aryl methyl sites for hydroxylation is 3. The van der Waals surface area contributed by atoms with Gasteiger partial charge in [0.25, 0.3) is 0 Å². The van der Waals surface area contributed by atoms with Gasteiger partial charge >= 0.3 is 0 Å². The van der Waals surface area contributed by atoms with E-state index in [1.807, 2.05) is 0 Å². The van der Waals surface area contributed by atoms with Crippen molar-refractivity contribution in [1.29, 1.82) is 0 Å². The Morgan fingerprint density at radius 1 is 0.867 bits per heavy atom. The minimum absolute atomic E-state index is 0.741. The SMILES string of the molecule is CCc1ccc(OCCCCn2c(Cc3ccccc3C)nc3ccccc32)cc1. The molecule has 3 aromatic carbocycles. The second-order valence-electron chi connectivity index (χ2n) is 7.82. The van der Waals surface area contributed by atoms with Crippen LogP contribution in [-0.4, -0.2) is 16.2 Å². The fourth-order valence-electron chi connectivity index (χ4n) is 3.87. The van der Waals surface area contributed by atoms with Crippen LogP contribution in [-0.2, 0) is 19.4 Å². The van der Waals surface area contributed by atoms with E-state index in [1.165, 1.54) is 22.2 Å². The average Bonchev–Trinajstić information content (AvgIpc) is 3.12. The molecular formula is C27H30N2O. The normalized spacial score (nSPS) is 11.1. The van der Waals surface area contributed by atoms with Crippen LogP contribution in [0, 0.1) is 6.92 Å². The smallest absolute Gasteiger partial charge is 0.119 e. The van der Waals surface area contributed by atoms with E-state index in [2.05, 4.69) is 91.2 Å². The average molecular weight is 399 g/mol. The summed E-state index contributed by atoms with van der Waals surface area (Å²) in [5, 5.41) is 0. The summed E-state index contributed by atoms with van der Waals surface area (Å²) < 4.78 is 8.32. The molecule has 3 heteroatoms. The largest absolute Gasteiger partial charge is 0.494 e. The number of hydrogen-bond donors (Lipinski definition) is 0. The van der Waals surface area contributed by atoms with Crippen molar-refractivity contribution in [3.05, 3.63) is 95.3 Å². The van der Waals surface area contributed by atoms with Crippen LogP contribution in [0.5, 0.6) is 5.75 Å². The third kappa shape index (κ3) is 4.73. The van der Waals surface area contributed by atoms with Gasteiger partial charge in [-0.05, 0) is 67.1 Å². The third-order valence-corrected chi connectivity index (χ3v) is 5.72. The summed E-state index contributed by atoms with van der Waals surface area (Å²) in [7, 11) is 0. The van der Waals surface area contributed by atoms with E-state index in [4.69, 9.17) is 9.72 Å². The van der Waals surface area contributed by atoms with Crippen molar-refractivity contribution in [1.82, 2.24) is 9.55 Å². The highest BCUT2D eigenvalue weighted by atomic mass is 16.5. The molecular weight excluding hydrogens is 368 g/mol. The number of nitrogens with zero attached hydrogens (tertiary/aromatic N) is 2. The maximum atomic E-state index is 5.93. The Kier molecular flexibility index (Phi) is 6.48. The highest BCUT2D eigenvalue weighted by molar-refractivity contribution is 5.76. The molecule has 0 fully saturated rings. The molecule has 1 aromatic heterocycles. The lowest BCUT2D eigenvalue weighted by Crippen LogP contribution is -2.07. The maximum absolute atomic E-state index is 5.93. The van der Waals surface area contributed by atoms with Gasteiger partial charge < -0.3 is 9.30 Å². The first-order valence-electron chi connectivity index (χ1n) is 10.9. The van der Waals surface area contributed by atoms with Gasteiger partial charge in [0, 0.05) is 13.0 Å². The first kappa shape index (κ1) is 20.2. The summed E-state index contributed by atoms with van der Waals surface area (Å²) in [6.45, 7) is 6.04. The topological polar surface area (TPSA) is 27.1 Å². The number of hydrogen-bond acceptors (Lipinski definition) is 2. The number of imidazole rings is 1. The van der Waals surface area contributed by atoms with Crippen LogP contribution in [0.15, 0.2) is 72.8 Å². The van der Waals surface area contributed by atoms with Crippen LogP contribution in [0.25, 0.3) is 11.0 Å². The van der Waals surface area contributed by atoms with Crippen molar-refractivity contribution in [3.8, 4) is 5.75 Å². The molecule has 0 radical (unpaired) electrons. The number of rotatable bonds is 9. The van der Waals surface area contributed by atoms with Crippen LogP contribution in [0.1, 0.15) is 42.3 Å². The summed E-state index contributed by atoms with van der Waals surface area (Å²) in [6, 6.07) is 25.5. The van der Waals surface area contributed by atoms with Crippen molar-refractivity contribution in [2.45, 2.75) is 46.1 Å². The lowest BCUT2D eigenvalue weighted by Gasteiger charge is -2.11. The molecule has 4 aromatic rings. The van der Waals surface area contributed by atoms with E-state index in [0.717, 1.165) is 55.9 Å². The molecule has 154 valence electrons. The number of ether oxygens (including phenoxy) is 1. The van der Waals surface area contributed by atoms with Crippen LogP contribution in [0.4, 0.5) is 0 Å². The highest BCUT2D eigenvalue weighted by Crippen LogP contribution is 2.21. The first-order chi connectivity index (χ1) is 14.7. The molecule has 0 spiro atoms. The van der Waals surface area contributed by atoms with Crippen molar-refractivity contribution in [2.24, 2.45) is 0 Å². The first-order valence-corrected chi connectivity index (χ1v) is 10.9. The van der Waals surface area contributed by atoms with Crippen molar-refractivity contribution < 1.29 is 4.74 Å². The predicted octanol–water partition coefficient (Wildman–Crippen LogP) is 6.36.